The summed E-state index contributed by atoms with van der Waals surface area (Å²) in [5, 5.41) is 3.23. The number of rotatable bonds is 1. The number of hydrogen-bond acceptors (Lipinski definition) is 4. The van der Waals surface area contributed by atoms with E-state index in [1.165, 1.54) is 0 Å². The number of carbonyl (C=O) groups excluding carboxylic acids is 1. The Morgan fingerprint density at radius 1 is 1.29 bits per heavy atom. The van der Waals surface area contributed by atoms with E-state index in [2.05, 4.69) is 15.3 Å². The fraction of sp³-hybridized carbons (Fsp3) is 0.154. The van der Waals surface area contributed by atoms with E-state index in [1.54, 1.807) is 18.2 Å². The summed E-state index contributed by atoms with van der Waals surface area (Å²) >= 11 is 12.2. The van der Waals surface area contributed by atoms with Gasteiger partial charge >= 0.3 is 0 Å². The van der Waals surface area contributed by atoms with Gasteiger partial charge in [0.1, 0.15) is 5.82 Å². The number of nitrogen functional groups attached to an aromatic ring is 1. The van der Waals surface area contributed by atoms with Crippen LogP contribution in [-0.2, 0) is 4.79 Å². The van der Waals surface area contributed by atoms with E-state index in [1.807, 2.05) is 0 Å². The molecule has 0 saturated heterocycles. The number of hydrogen-bond donors (Lipinski definition) is 3. The third-order valence-corrected chi connectivity index (χ3v) is 4.16. The molecule has 1 aromatic carbocycles. The van der Waals surface area contributed by atoms with Crippen molar-refractivity contribution in [1.29, 1.82) is 0 Å². The van der Waals surface area contributed by atoms with Crippen molar-refractivity contribution in [1.82, 2.24) is 9.97 Å². The lowest BCUT2D eigenvalue weighted by molar-refractivity contribution is -0.116. The molecule has 0 bridgehead atoms. The fourth-order valence-electron chi connectivity index (χ4n) is 2.44. The van der Waals surface area contributed by atoms with Gasteiger partial charge in [0.25, 0.3) is 5.56 Å². The molecule has 2 aromatic rings. The number of halogens is 2. The Labute approximate surface area is 129 Å². The van der Waals surface area contributed by atoms with Crippen LogP contribution in [0.3, 0.4) is 0 Å². The van der Waals surface area contributed by atoms with Crippen LogP contribution in [0.15, 0.2) is 23.0 Å². The lowest BCUT2D eigenvalue weighted by atomic mass is 9.87. The molecule has 1 aliphatic rings. The molecule has 0 aliphatic carbocycles. The highest BCUT2D eigenvalue weighted by Crippen LogP contribution is 2.39. The van der Waals surface area contributed by atoms with Crippen LogP contribution in [-0.4, -0.2) is 15.9 Å². The first kappa shape index (κ1) is 13.9. The topological polar surface area (TPSA) is 101 Å². The summed E-state index contributed by atoms with van der Waals surface area (Å²) in [6.07, 6.45) is 0.0851. The number of amides is 1. The molecule has 1 aromatic heterocycles. The molecule has 0 saturated carbocycles. The molecule has 21 heavy (non-hydrogen) atoms. The second kappa shape index (κ2) is 5.05. The van der Waals surface area contributed by atoms with Gasteiger partial charge in [0.15, 0.2) is 0 Å². The first-order valence-corrected chi connectivity index (χ1v) is 6.86. The van der Waals surface area contributed by atoms with E-state index in [0.29, 0.717) is 21.2 Å². The molecule has 8 heteroatoms. The number of aromatic amines is 1. The summed E-state index contributed by atoms with van der Waals surface area (Å²) in [4.78, 5) is 30.4. The van der Waals surface area contributed by atoms with Gasteiger partial charge in [-0.2, -0.15) is 4.98 Å². The van der Waals surface area contributed by atoms with Gasteiger partial charge in [0, 0.05) is 12.3 Å². The molecule has 1 atom stereocenters. The number of nitrogens with zero attached hydrogens (tertiary/aromatic N) is 1. The van der Waals surface area contributed by atoms with Crippen LogP contribution in [0.2, 0.25) is 10.0 Å². The highest BCUT2D eigenvalue weighted by Gasteiger charge is 2.32. The van der Waals surface area contributed by atoms with Crippen LogP contribution in [0.4, 0.5) is 11.8 Å². The molecule has 0 radical (unpaired) electrons. The largest absolute Gasteiger partial charge is 0.369 e. The third kappa shape index (κ3) is 2.36. The predicted octanol–water partition coefficient (Wildman–Crippen LogP) is 2.13. The van der Waals surface area contributed by atoms with Gasteiger partial charge in [-0.1, -0.05) is 35.3 Å². The average molecular weight is 325 g/mol. The lowest BCUT2D eigenvalue weighted by Gasteiger charge is -2.25. The molecule has 6 nitrogen and oxygen atoms in total. The maximum absolute atomic E-state index is 12.2. The minimum absolute atomic E-state index is 0.0584. The standard InChI is InChI=1S/C13H10Cl2N4O2/c14-7-3-1-2-5(10(7)15)6-4-8(20)17-11-9(6)12(21)19-13(16)18-11/h1-3,6H,4H2,(H4,16,17,18,19,20,21)/t6-/m0/s1. The Morgan fingerprint density at radius 2 is 2.05 bits per heavy atom. The monoisotopic (exact) mass is 324 g/mol. The number of H-pyrrole nitrogens is 1. The second-order valence-corrected chi connectivity index (χ2v) is 5.45. The SMILES string of the molecule is Nc1nc2c(c(=O)[nH]1)[C@H](c1cccc(Cl)c1Cl)CC(=O)N2. The maximum atomic E-state index is 12.2. The van der Waals surface area contributed by atoms with Crippen molar-refractivity contribution < 1.29 is 4.79 Å². The first-order chi connectivity index (χ1) is 9.97. The Bertz CT molecular complexity index is 803. The minimum atomic E-state index is -0.517. The molecule has 4 N–H and O–H groups in total. The Kier molecular flexibility index (Phi) is 3.35. The molecule has 1 aliphatic heterocycles. The summed E-state index contributed by atoms with van der Waals surface area (Å²) in [5.74, 6) is -0.678. The third-order valence-electron chi connectivity index (χ3n) is 3.33. The van der Waals surface area contributed by atoms with Gasteiger partial charge in [-0.25, -0.2) is 0 Å². The quantitative estimate of drug-likeness (QED) is 0.747. The molecule has 2 heterocycles. The van der Waals surface area contributed by atoms with Gasteiger partial charge in [-0.15, -0.1) is 0 Å². The highest BCUT2D eigenvalue weighted by atomic mass is 35.5. The van der Waals surface area contributed by atoms with Crippen LogP contribution in [0.25, 0.3) is 0 Å². The van der Waals surface area contributed by atoms with Crippen LogP contribution < -0.4 is 16.6 Å². The number of aromatic nitrogens is 2. The van der Waals surface area contributed by atoms with Crippen molar-refractivity contribution in [3.8, 4) is 0 Å². The van der Waals surface area contributed by atoms with Crippen molar-refractivity contribution in [2.75, 3.05) is 11.1 Å². The van der Waals surface area contributed by atoms with E-state index in [-0.39, 0.29) is 24.1 Å². The van der Waals surface area contributed by atoms with E-state index in [0.717, 1.165) is 0 Å². The number of carbonyl (C=O) groups is 1. The molecular formula is C13H10Cl2N4O2. The molecule has 0 unspecified atom stereocenters. The fourth-order valence-corrected chi connectivity index (χ4v) is 2.88. The van der Waals surface area contributed by atoms with Crippen LogP contribution >= 0.6 is 23.2 Å². The van der Waals surface area contributed by atoms with Crippen molar-refractivity contribution in [3.63, 3.8) is 0 Å². The van der Waals surface area contributed by atoms with Gasteiger partial charge in [0.05, 0.1) is 15.6 Å². The van der Waals surface area contributed by atoms with E-state index >= 15 is 0 Å². The summed E-state index contributed by atoms with van der Waals surface area (Å²) in [5.41, 5.74) is 6.03. The molecule has 0 fully saturated rings. The summed E-state index contributed by atoms with van der Waals surface area (Å²) in [7, 11) is 0. The van der Waals surface area contributed by atoms with Crippen molar-refractivity contribution in [3.05, 3.63) is 49.7 Å². The summed E-state index contributed by atoms with van der Waals surface area (Å²) in [6.45, 7) is 0. The Morgan fingerprint density at radius 3 is 2.81 bits per heavy atom. The zero-order valence-corrected chi connectivity index (χ0v) is 12.1. The maximum Gasteiger partial charge on any atom is 0.258 e. The van der Waals surface area contributed by atoms with Crippen LogP contribution in [0.5, 0.6) is 0 Å². The first-order valence-electron chi connectivity index (χ1n) is 6.11. The molecule has 1 amide bonds. The number of fused-ring (bicyclic) bond motifs is 1. The molecule has 0 spiro atoms. The average Bonchev–Trinajstić information content (AvgIpc) is 2.40. The van der Waals surface area contributed by atoms with Crippen LogP contribution in [0.1, 0.15) is 23.5 Å². The number of anilines is 2. The molecule has 3 rings (SSSR count). The number of nitrogens with two attached hydrogens (primary N) is 1. The Hall–Kier alpha value is -2.05. The van der Waals surface area contributed by atoms with Crippen LogP contribution in [0, 0.1) is 0 Å². The number of benzene rings is 1. The lowest BCUT2D eigenvalue weighted by Crippen LogP contribution is -2.31. The summed E-state index contributed by atoms with van der Waals surface area (Å²) < 4.78 is 0. The smallest absolute Gasteiger partial charge is 0.258 e. The van der Waals surface area contributed by atoms with Gasteiger partial charge < -0.3 is 11.1 Å². The number of nitrogens with one attached hydrogen (secondary N) is 2. The highest BCUT2D eigenvalue weighted by molar-refractivity contribution is 6.42. The molecule has 108 valence electrons. The Balaban J connectivity index is 2.24. The van der Waals surface area contributed by atoms with Gasteiger partial charge in [-0.05, 0) is 11.6 Å². The summed E-state index contributed by atoms with van der Waals surface area (Å²) in [6, 6.07) is 5.09. The van der Waals surface area contributed by atoms with E-state index in [9.17, 15) is 9.59 Å². The van der Waals surface area contributed by atoms with Gasteiger partial charge in [-0.3, -0.25) is 14.6 Å². The predicted molar refractivity (Wildman–Crippen MR) is 80.8 cm³/mol. The minimum Gasteiger partial charge on any atom is -0.369 e. The van der Waals surface area contributed by atoms with E-state index in [4.69, 9.17) is 28.9 Å². The zero-order valence-electron chi connectivity index (χ0n) is 10.6. The van der Waals surface area contributed by atoms with Crippen molar-refractivity contribution >= 4 is 40.9 Å². The zero-order chi connectivity index (χ0) is 15.1. The molecular weight excluding hydrogens is 315 g/mol. The normalized spacial score (nSPS) is 17.2. The van der Waals surface area contributed by atoms with Crippen molar-refractivity contribution in [2.45, 2.75) is 12.3 Å². The van der Waals surface area contributed by atoms with Crippen molar-refractivity contribution in [2.24, 2.45) is 0 Å². The second-order valence-electron chi connectivity index (χ2n) is 4.66. The van der Waals surface area contributed by atoms with Gasteiger partial charge in [0.2, 0.25) is 11.9 Å². The van der Waals surface area contributed by atoms with E-state index < -0.39 is 11.5 Å².